The lowest BCUT2D eigenvalue weighted by molar-refractivity contribution is -0.135. The van der Waals surface area contributed by atoms with E-state index in [-0.39, 0.29) is 36.3 Å². The number of hydrogen-bond acceptors (Lipinski definition) is 3. The second-order valence-corrected chi connectivity index (χ2v) is 7.43. The quantitative estimate of drug-likeness (QED) is 0.857. The summed E-state index contributed by atoms with van der Waals surface area (Å²) in [6.45, 7) is 6.30. The summed E-state index contributed by atoms with van der Waals surface area (Å²) in [7, 11) is 1.88. The van der Waals surface area contributed by atoms with Gasteiger partial charge in [-0.3, -0.25) is 9.69 Å². The number of nitrogens with zero attached hydrogens (tertiary/aromatic N) is 2. The van der Waals surface area contributed by atoms with E-state index in [0.717, 1.165) is 13.1 Å². The van der Waals surface area contributed by atoms with E-state index in [1.165, 1.54) is 16.7 Å². The average molecular weight is 388 g/mol. The molecule has 1 saturated heterocycles. The number of carbonyl (C=O) groups is 1. The van der Waals surface area contributed by atoms with Crippen molar-refractivity contribution >= 4 is 18.3 Å². The van der Waals surface area contributed by atoms with E-state index >= 15 is 0 Å². The molecule has 1 aliphatic rings. The molecule has 2 N–H and O–H groups in total. The largest absolute Gasteiger partial charge is 0.340 e. The number of carbonyl (C=O) groups excluding carboxylic acids is 1. The van der Waals surface area contributed by atoms with Gasteiger partial charge in [-0.15, -0.1) is 12.4 Å². The number of likely N-dealkylation sites (N-methyl/N-ethyl adjacent to an activating group) is 1. The highest BCUT2D eigenvalue weighted by molar-refractivity contribution is 5.85. The van der Waals surface area contributed by atoms with Gasteiger partial charge in [0.05, 0.1) is 6.04 Å². The summed E-state index contributed by atoms with van der Waals surface area (Å²) in [5.74, 6) is 0.433. The number of nitrogens with two attached hydrogens (primary N) is 1. The van der Waals surface area contributed by atoms with Crippen molar-refractivity contribution in [1.29, 1.82) is 0 Å². The average Bonchev–Trinajstić information content (AvgIpc) is 3.04. The molecular weight excluding hydrogens is 358 g/mol. The molecule has 0 radical (unpaired) electrons. The van der Waals surface area contributed by atoms with Gasteiger partial charge in [-0.1, -0.05) is 54.6 Å². The maximum absolute atomic E-state index is 12.9. The summed E-state index contributed by atoms with van der Waals surface area (Å²) in [4.78, 5) is 17.0. The van der Waals surface area contributed by atoms with Crippen molar-refractivity contribution in [3.8, 4) is 0 Å². The highest BCUT2D eigenvalue weighted by atomic mass is 35.5. The Morgan fingerprint density at radius 2 is 1.78 bits per heavy atom. The zero-order valence-corrected chi connectivity index (χ0v) is 17.2. The lowest BCUT2D eigenvalue weighted by Crippen LogP contribution is -2.45. The fourth-order valence-corrected chi connectivity index (χ4v) is 3.83. The summed E-state index contributed by atoms with van der Waals surface area (Å²) in [5, 5.41) is 0. The zero-order valence-electron chi connectivity index (χ0n) is 16.3. The minimum atomic E-state index is -0.163. The van der Waals surface area contributed by atoms with Crippen molar-refractivity contribution in [3.05, 3.63) is 71.3 Å². The molecule has 3 atom stereocenters. The van der Waals surface area contributed by atoms with Crippen LogP contribution in [0.25, 0.3) is 0 Å². The minimum Gasteiger partial charge on any atom is -0.340 e. The van der Waals surface area contributed by atoms with Gasteiger partial charge in [-0.2, -0.15) is 0 Å². The van der Waals surface area contributed by atoms with E-state index < -0.39 is 0 Å². The molecule has 2 aromatic rings. The van der Waals surface area contributed by atoms with E-state index in [1.807, 2.05) is 37.1 Å². The maximum atomic E-state index is 12.9. The first-order valence-electron chi connectivity index (χ1n) is 9.31. The summed E-state index contributed by atoms with van der Waals surface area (Å²) in [6, 6.07) is 18.5. The predicted octanol–water partition coefficient (Wildman–Crippen LogP) is 3.19. The lowest BCUT2D eigenvalue weighted by atomic mass is 9.95. The molecule has 27 heavy (non-hydrogen) atoms. The van der Waals surface area contributed by atoms with Crippen LogP contribution < -0.4 is 5.73 Å². The van der Waals surface area contributed by atoms with Crippen molar-refractivity contribution in [2.24, 2.45) is 5.73 Å². The number of aryl methyl sites for hydroxylation is 1. The van der Waals surface area contributed by atoms with Gasteiger partial charge in [-0.25, -0.2) is 0 Å². The highest BCUT2D eigenvalue weighted by Gasteiger charge is 2.36. The van der Waals surface area contributed by atoms with Crippen molar-refractivity contribution in [2.45, 2.75) is 38.4 Å². The molecule has 5 heteroatoms. The molecule has 1 amide bonds. The van der Waals surface area contributed by atoms with Gasteiger partial charge >= 0.3 is 0 Å². The zero-order chi connectivity index (χ0) is 18.7. The third-order valence-electron chi connectivity index (χ3n) is 5.57. The van der Waals surface area contributed by atoms with Gasteiger partial charge in [0.1, 0.15) is 0 Å². The van der Waals surface area contributed by atoms with Crippen molar-refractivity contribution in [3.63, 3.8) is 0 Å². The highest BCUT2D eigenvalue weighted by Crippen LogP contribution is 2.28. The molecule has 1 unspecified atom stereocenters. The number of rotatable bonds is 5. The van der Waals surface area contributed by atoms with E-state index in [2.05, 4.69) is 48.2 Å². The molecular formula is C22H30ClN3O. The van der Waals surface area contributed by atoms with Gasteiger partial charge in [0, 0.05) is 38.6 Å². The molecule has 1 aliphatic heterocycles. The molecule has 2 aromatic carbocycles. The van der Waals surface area contributed by atoms with Crippen molar-refractivity contribution in [2.75, 3.05) is 20.1 Å². The number of benzene rings is 2. The number of halogens is 1. The maximum Gasteiger partial charge on any atom is 0.239 e. The fourth-order valence-electron chi connectivity index (χ4n) is 3.83. The number of likely N-dealkylation sites (tertiary alicyclic amines) is 1. The van der Waals surface area contributed by atoms with Crippen LogP contribution in [0.15, 0.2) is 54.6 Å². The fraction of sp³-hybridized carbons (Fsp3) is 0.409. The Labute approximate surface area is 168 Å². The van der Waals surface area contributed by atoms with Crippen LogP contribution in [0.4, 0.5) is 0 Å². The van der Waals surface area contributed by atoms with Crippen LogP contribution in [0.2, 0.25) is 0 Å². The van der Waals surface area contributed by atoms with Gasteiger partial charge < -0.3 is 10.6 Å². The molecule has 3 rings (SSSR count). The van der Waals surface area contributed by atoms with E-state index in [0.29, 0.717) is 6.54 Å². The first kappa shape index (κ1) is 21.4. The van der Waals surface area contributed by atoms with Crippen LogP contribution in [0.5, 0.6) is 0 Å². The van der Waals surface area contributed by atoms with Crippen LogP contribution in [-0.4, -0.2) is 47.9 Å². The molecule has 0 bridgehead atoms. The molecule has 4 nitrogen and oxygen atoms in total. The van der Waals surface area contributed by atoms with Crippen LogP contribution in [-0.2, 0) is 11.3 Å². The second-order valence-electron chi connectivity index (χ2n) is 7.43. The van der Waals surface area contributed by atoms with E-state index in [9.17, 15) is 4.79 Å². The monoisotopic (exact) mass is 387 g/mol. The van der Waals surface area contributed by atoms with Gasteiger partial charge in [0.25, 0.3) is 0 Å². The topological polar surface area (TPSA) is 49.6 Å². The van der Waals surface area contributed by atoms with Crippen molar-refractivity contribution in [1.82, 2.24) is 9.80 Å². The molecule has 0 aliphatic carbocycles. The normalized spacial score (nSPS) is 20.7. The molecule has 0 spiro atoms. The molecule has 146 valence electrons. The van der Waals surface area contributed by atoms with Crippen LogP contribution >= 0.6 is 12.4 Å². The summed E-state index contributed by atoms with van der Waals surface area (Å²) in [6.07, 6.45) is 0. The van der Waals surface area contributed by atoms with Gasteiger partial charge in [0.2, 0.25) is 5.91 Å². The Kier molecular flexibility index (Phi) is 7.42. The SMILES string of the molecule is Cc1ccccc1CN(C)C(=O)C(C)N1C[C@@H](N)[C@H](c2ccccc2)C1.Cl. The Morgan fingerprint density at radius 1 is 1.15 bits per heavy atom. The summed E-state index contributed by atoms with van der Waals surface area (Å²) < 4.78 is 0. The minimum absolute atomic E-state index is 0. The standard InChI is InChI=1S/C22H29N3O.ClH/c1-16-9-7-8-12-19(16)13-24(3)22(26)17(2)25-14-20(21(23)15-25)18-10-5-4-6-11-18;/h4-12,17,20-21H,13-15,23H2,1-3H3;1H/t17?,20-,21+;/m0./s1. The Balaban J connectivity index is 0.00000261. The predicted molar refractivity (Wildman–Crippen MR) is 113 cm³/mol. The first-order valence-corrected chi connectivity index (χ1v) is 9.31. The van der Waals surface area contributed by atoms with Gasteiger partial charge in [-0.05, 0) is 30.5 Å². The molecule has 1 heterocycles. The smallest absolute Gasteiger partial charge is 0.239 e. The lowest BCUT2D eigenvalue weighted by Gasteiger charge is -2.28. The van der Waals surface area contributed by atoms with Crippen LogP contribution in [0.1, 0.15) is 29.5 Å². The number of amides is 1. The van der Waals surface area contributed by atoms with Crippen LogP contribution in [0.3, 0.4) is 0 Å². The van der Waals surface area contributed by atoms with Gasteiger partial charge in [0.15, 0.2) is 0 Å². The molecule has 0 saturated carbocycles. The Morgan fingerprint density at radius 3 is 2.44 bits per heavy atom. The molecule has 0 aromatic heterocycles. The van der Waals surface area contributed by atoms with Crippen molar-refractivity contribution < 1.29 is 4.79 Å². The number of hydrogen-bond donors (Lipinski definition) is 1. The summed E-state index contributed by atoms with van der Waals surface area (Å²) >= 11 is 0. The van der Waals surface area contributed by atoms with E-state index in [4.69, 9.17) is 5.73 Å². The third-order valence-corrected chi connectivity index (χ3v) is 5.57. The first-order chi connectivity index (χ1) is 12.5. The summed E-state index contributed by atoms with van der Waals surface area (Å²) in [5.41, 5.74) is 10.1. The van der Waals surface area contributed by atoms with E-state index in [1.54, 1.807) is 0 Å². The Bertz CT molecular complexity index is 752. The molecule has 1 fully saturated rings. The third kappa shape index (κ3) is 4.89. The Hall–Kier alpha value is -1.88. The second kappa shape index (κ2) is 9.36. The van der Waals surface area contributed by atoms with Crippen LogP contribution in [0, 0.1) is 6.92 Å².